The summed E-state index contributed by atoms with van der Waals surface area (Å²) in [6.45, 7) is 6.77. The van der Waals surface area contributed by atoms with Gasteiger partial charge in [0.15, 0.2) is 0 Å². The Morgan fingerprint density at radius 1 is 0.694 bits per heavy atom. The first-order chi connectivity index (χ1) is 17.4. The van der Waals surface area contributed by atoms with Crippen molar-refractivity contribution in [3.8, 4) is 32.8 Å². The normalized spacial score (nSPS) is 11.9. The van der Waals surface area contributed by atoms with E-state index in [-0.39, 0.29) is 5.41 Å². The first-order valence-electron chi connectivity index (χ1n) is 12.1. The molecule has 4 heteroatoms. The Balaban J connectivity index is 1.50. The minimum Gasteiger partial charge on any atom is -0.256 e. The topological polar surface area (TPSA) is 25.8 Å². The molecule has 4 aromatic carbocycles. The average molecular weight is 503 g/mol. The lowest BCUT2D eigenvalue weighted by atomic mass is 9.84. The van der Waals surface area contributed by atoms with Gasteiger partial charge in [-0.05, 0) is 58.5 Å². The molecule has 36 heavy (non-hydrogen) atoms. The van der Waals surface area contributed by atoms with Crippen molar-refractivity contribution in [2.75, 3.05) is 0 Å². The Hall–Kier alpha value is -3.47. The minimum absolute atomic E-state index is 0.0447. The van der Waals surface area contributed by atoms with Crippen LogP contribution in [0.5, 0.6) is 0 Å². The molecule has 0 aliphatic heterocycles. The van der Waals surface area contributed by atoms with Crippen LogP contribution in [0.1, 0.15) is 26.3 Å². The van der Waals surface area contributed by atoms with Crippen LogP contribution >= 0.6 is 24.0 Å². The van der Waals surface area contributed by atoms with Crippen molar-refractivity contribution in [3.63, 3.8) is 0 Å². The molecule has 0 spiro atoms. The number of aromatic nitrogens is 2. The molecule has 0 radical (unpaired) electrons. The highest BCUT2D eigenvalue weighted by Crippen LogP contribution is 2.39. The van der Waals surface area contributed by atoms with Crippen molar-refractivity contribution in [1.29, 1.82) is 0 Å². The highest BCUT2D eigenvalue weighted by atomic mass is 32.1. The SMILES string of the molecule is CC(C)(C)c1cc(-c2cccc(-c3nc4c(-c5ccccc5S)cccc4s3)c2)c2ncccc2c1. The lowest BCUT2D eigenvalue weighted by Gasteiger charge is -2.21. The van der Waals surface area contributed by atoms with Gasteiger partial charge in [-0.25, -0.2) is 4.98 Å². The van der Waals surface area contributed by atoms with Crippen LogP contribution in [-0.2, 0) is 5.41 Å². The summed E-state index contributed by atoms with van der Waals surface area (Å²) in [7, 11) is 0. The highest BCUT2D eigenvalue weighted by Gasteiger charge is 2.18. The summed E-state index contributed by atoms with van der Waals surface area (Å²) in [4.78, 5) is 10.8. The fourth-order valence-electron chi connectivity index (χ4n) is 4.66. The fourth-order valence-corrected chi connectivity index (χ4v) is 5.93. The van der Waals surface area contributed by atoms with E-state index in [1.54, 1.807) is 11.3 Å². The minimum atomic E-state index is 0.0447. The summed E-state index contributed by atoms with van der Waals surface area (Å²) in [5, 5.41) is 2.18. The molecule has 0 N–H and O–H groups in total. The predicted octanol–water partition coefficient (Wildman–Crippen LogP) is 9.43. The third-order valence-corrected chi connectivity index (χ3v) is 8.06. The summed E-state index contributed by atoms with van der Waals surface area (Å²) >= 11 is 6.42. The van der Waals surface area contributed by atoms with Gasteiger partial charge in [-0.2, -0.15) is 0 Å². The molecule has 176 valence electrons. The summed E-state index contributed by atoms with van der Waals surface area (Å²) in [5.74, 6) is 0. The van der Waals surface area contributed by atoms with E-state index in [0.29, 0.717) is 0 Å². The molecule has 2 nitrogen and oxygen atoms in total. The number of thiol groups is 1. The second-order valence-electron chi connectivity index (χ2n) is 10.1. The molecule has 0 saturated carbocycles. The van der Waals surface area contributed by atoms with Gasteiger partial charge in [-0.3, -0.25) is 4.98 Å². The van der Waals surface area contributed by atoms with E-state index in [2.05, 4.69) is 93.6 Å². The van der Waals surface area contributed by atoms with Crippen LogP contribution in [0.25, 0.3) is 53.9 Å². The standard InChI is InChI=1S/C32H26N2S2/c1-32(2,3)23-18-21-11-8-16-33-29(21)26(19-23)20-9-6-10-22(17-20)31-34-30-25(13-7-15-28(30)36-31)24-12-4-5-14-27(24)35/h4-19,35H,1-3H3. The fraction of sp³-hybridized carbons (Fsp3) is 0.125. The van der Waals surface area contributed by atoms with Gasteiger partial charge < -0.3 is 0 Å². The number of hydrogen-bond donors (Lipinski definition) is 1. The summed E-state index contributed by atoms with van der Waals surface area (Å²) in [6.07, 6.45) is 1.88. The number of benzene rings is 4. The highest BCUT2D eigenvalue weighted by molar-refractivity contribution is 7.80. The van der Waals surface area contributed by atoms with E-state index < -0.39 is 0 Å². The largest absolute Gasteiger partial charge is 0.256 e. The first-order valence-corrected chi connectivity index (χ1v) is 13.3. The molecule has 0 atom stereocenters. The van der Waals surface area contributed by atoms with E-state index in [4.69, 9.17) is 22.6 Å². The van der Waals surface area contributed by atoms with Crippen molar-refractivity contribution in [3.05, 3.63) is 103 Å². The van der Waals surface area contributed by atoms with Gasteiger partial charge in [0.1, 0.15) is 5.01 Å². The quantitative estimate of drug-likeness (QED) is 0.244. The van der Waals surface area contributed by atoms with Gasteiger partial charge in [-0.1, -0.05) is 75.4 Å². The third kappa shape index (κ3) is 4.11. The van der Waals surface area contributed by atoms with Gasteiger partial charge in [0.25, 0.3) is 0 Å². The predicted molar refractivity (Wildman–Crippen MR) is 157 cm³/mol. The van der Waals surface area contributed by atoms with E-state index in [9.17, 15) is 0 Å². The van der Waals surface area contributed by atoms with Gasteiger partial charge in [0, 0.05) is 33.2 Å². The zero-order valence-corrected chi connectivity index (χ0v) is 22.2. The lowest BCUT2D eigenvalue weighted by molar-refractivity contribution is 0.591. The van der Waals surface area contributed by atoms with E-state index >= 15 is 0 Å². The van der Waals surface area contributed by atoms with Crippen molar-refractivity contribution in [2.24, 2.45) is 0 Å². The molecule has 0 bridgehead atoms. The second-order valence-corrected chi connectivity index (χ2v) is 11.6. The molecule has 0 aliphatic carbocycles. The first kappa shape index (κ1) is 23.0. The van der Waals surface area contributed by atoms with Crippen LogP contribution in [0.15, 0.2) is 102 Å². The zero-order chi connectivity index (χ0) is 24.9. The Labute approximate surface area is 221 Å². The molecular formula is C32H26N2S2. The van der Waals surface area contributed by atoms with Gasteiger partial charge in [-0.15, -0.1) is 24.0 Å². The van der Waals surface area contributed by atoms with Crippen LogP contribution in [0.2, 0.25) is 0 Å². The molecule has 2 aromatic heterocycles. The number of rotatable bonds is 3. The summed E-state index contributed by atoms with van der Waals surface area (Å²) in [5.41, 5.74) is 9.04. The van der Waals surface area contributed by atoms with E-state index in [0.717, 1.165) is 48.8 Å². The molecule has 6 aromatic rings. The number of pyridine rings is 1. The lowest BCUT2D eigenvalue weighted by Crippen LogP contribution is -2.11. The van der Waals surface area contributed by atoms with E-state index in [1.165, 1.54) is 15.6 Å². The maximum Gasteiger partial charge on any atom is 0.124 e. The molecule has 6 rings (SSSR count). The molecular weight excluding hydrogens is 477 g/mol. The summed E-state index contributed by atoms with van der Waals surface area (Å²) in [6, 6.07) is 32.0. The molecule has 0 unspecified atom stereocenters. The summed E-state index contributed by atoms with van der Waals surface area (Å²) < 4.78 is 1.17. The van der Waals surface area contributed by atoms with E-state index in [1.807, 2.05) is 24.4 Å². The number of hydrogen-bond acceptors (Lipinski definition) is 4. The maximum absolute atomic E-state index is 5.12. The molecule has 0 aliphatic rings. The maximum atomic E-state index is 5.12. The van der Waals surface area contributed by atoms with Crippen LogP contribution in [0, 0.1) is 0 Å². The van der Waals surface area contributed by atoms with Crippen molar-refractivity contribution in [1.82, 2.24) is 9.97 Å². The molecule has 0 amide bonds. The van der Waals surface area contributed by atoms with Gasteiger partial charge in [0.2, 0.25) is 0 Å². The average Bonchev–Trinajstić information content (AvgIpc) is 3.33. The van der Waals surface area contributed by atoms with Crippen LogP contribution < -0.4 is 0 Å². The molecule has 2 heterocycles. The number of nitrogens with zero attached hydrogens (tertiary/aromatic N) is 2. The molecule has 0 saturated heterocycles. The Morgan fingerprint density at radius 2 is 1.47 bits per heavy atom. The monoisotopic (exact) mass is 502 g/mol. The van der Waals surface area contributed by atoms with Crippen molar-refractivity contribution < 1.29 is 0 Å². The number of thiazole rings is 1. The third-order valence-electron chi connectivity index (χ3n) is 6.60. The van der Waals surface area contributed by atoms with Crippen LogP contribution in [-0.4, -0.2) is 9.97 Å². The zero-order valence-electron chi connectivity index (χ0n) is 20.5. The van der Waals surface area contributed by atoms with Crippen LogP contribution in [0.4, 0.5) is 0 Å². The Kier molecular flexibility index (Phi) is 5.66. The van der Waals surface area contributed by atoms with Gasteiger partial charge >= 0.3 is 0 Å². The van der Waals surface area contributed by atoms with Crippen molar-refractivity contribution >= 4 is 45.1 Å². The second kappa shape index (κ2) is 8.88. The van der Waals surface area contributed by atoms with Crippen LogP contribution in [0.3, 0.4) is 0 Å². The van der Waals surface area contributed by atoms with Gasteiger partial charge in [0.05, 0.1) is 15.7 Å². The molecule has 0 fully saturated rings. The Bertz CT molecular complexity index is 1740. The van der Waals surface area contributed by atoms with Crippen molar-refractivity contribution in [2.45, 2.75) is 31.1 Å². The number of fused-ring (bicyclic) bond motifs is 2. The number of para-hydroxylation sites is 1. The smallest absolute Gasteiger partial charge is 0.124 e. The Morgan fingerprint density at radius 3 is 2.31 bits per heavy atom.